The number of hydrogen-bond acceptors (Lipinski definition) is 4. The van der Waals surface area contributed by atoms with E-state index in [-0.39, 0.29) is 36.8 Å². The Bertz CT molecular complexity index is 660. The lowest BCUT2D eigenvalue weighted by atomic mass is 10.1. The van der Waals surface area contributed by atoms with Crippen LogP contribution in [0.3, 0.4) is 0 Å². The molecular weight excluding hydrogens is 365 g/mol. The molecule has 1 aliphatic heterocycles. The van der Waals surface area contributed by atoms with E-state index in [1.54, 1.807) is 11.3 Å². The van der Waals surface area contributed by atoms with Crippen LogP contribution in [0.4, 0.5) is 0 Å². The van der Waals surface area contributed by atoms with Crippen LogP contribution in [0, 0.1) is 6.92 Å². The highest BCUT2D eigenvalue weighted by Crippen LogP contribution is 2.24. The molecule has 0 spiro atoms. The minimum Gasteiger partial charge on any atom is -0.341 e. The molecule has 1 atom stereocenters. The minimum atomic E-state index is 0. The molecular formula is C17H23Cl2N3OS. The van der Waals surface area contributed by atoms with E-state index in [1.165, 1.54) is 5.56 Å². The van der Waals surface area contributed by atoms with Gasteiger partial charge in [0.15, 0.2) is 0 Å². The highest BCUT2D eigenvalue weighted by atomic mass is 35.5. The van der Waals surface area contributed by atoms with Crippen molar-refractivity contribution in [2.24, 2.45) is 5.73 Å². The molecule has 24 heavy (non-hydrogen) atoms. The summed E-state index contributed by atoms with van der Waals surface area (Å²) in [5.41, 5.74) is 9.13. The number of likely N-dealkylation sites (tertiary alicyclic amines) is 1. The normalized spacial score (nSPS) is 16.9. The first-order valence-corrected chi connectivity index (χ1v) is 8.54. The van der Waals surface area contributed by atoms with Crippen molar-refractivity contribution in [2.75, 3.05) is 13.1 Å². The van der Waals surface area contributed by atoms with Crippen molar-refractivity contribution in [3.8, 4) is 10.6 Å². The summed E-state index contributed by atoms with van der Waals surface area (Å²) in [6.45, 7) is 3.56. The van der Waals surface area contributed by atoms with Gasteiger partial charge in [-0.2, -0.15) is 0 Å². The number of hydrogen-bond donors (Lipinski definition) is 1. The second-order valence-corrected chi connectivity index (χ2v) is 6.79. The maximum Gasteiger partial charge on any atom is 0.228 e. The molecule has 132 valence electrons. The predicted molar refractivity (Wildman–Crippen MR) is 104 cm³/mol. The molecule has 4 nitrogen and oxygen atoms in total. The molecule has 1 amide bonds. The van der Waals surface area contributed by atoms with Gasteiger partial charge in [-0.05, 0) is 19.8 Å². The predicted octanol–water partition coefficient (Wildman–Crippen LogP) is 3.45. The molecule has 1 aliphatic rings. The number of rotatable bonds is 3. The third-order valence-corrected chi connectivity index (χ3v) is 4.93. The number of thiazole rings is 1. The number of aromatic nitrogens is 1. The smallest absolute Gasteiger partial charge is 0.228 e. The molecule has 1 unspecified atom stereocenters. The van der Waals surface area contributed by atoms with Crippen LogP contribution < -0.4 is 5.73 Å². The number of carbonyl (C=O) groups is 1. The van der Waals surface area contributed by atoms with Crippen molar-refractivity contribution < 1.29 is 4.79 Å². The van der Waals surface area contributed by atoms with Gasteiger partial charge in [-0.25, -0.2) is 4.98 Å². The largest absolute Gasteiger partial charge is 0.341 e. The van der Waals surface area contributed by atoms with E-state index in [0.29, 0.717) is 13.0 Å². The topological polar surface area (TPSA) is 59.2 Å². The average molecular weight is 388 g/mol. The van der Waals surface area contributed by atoms with Crippen LogP contribution in [0.1, 0.15) is 24.1 Å². The van der Waals surface area contributed by atoms with Crippen molar-refractivity contribution in [2.45, 2.75) is 32.2 Å². The zero-order valence-corrected chi connectivity index (χ0v) is 16.1. The molecule has 7 heteroatoms. The van der Waals surface area contributed by atoms with Crippen LogP contribution >= 0.6 is 36.2 Å². The molecule has 0 bridgehead atoms. The Morgan fingerprint density at radius 2 is 2.04 bits per heavy atom. The zero-order valence-electron chi connectivity index (χ0n) is 13.6. The molecule has 1 fully saturated rings. The van der Waals surface area contributed by atoms with E-state index in [0.717, 1.165) is 35.7 Å². The van der Waals surface area contributed by atoms with Gasteiger partial charge in [-0.15, -0.1) is 36.2 Å². The van der Waals surface area contributed by atoms with Crippen molar-refractivity contribution in [1.29, 1.82) is 0 Å². The summed E-state index contributed by atoms with van der Waals surface area (Å²) in [6.07, 6.45) is 2.38. The molecule has 1 saturated heterocycles. The molecule has 0 aliphatic carbocycles. The average Bonchev–Trinajstić information content (AvgIpc) is 2.96. The summed E-state index contributed by atoms with van der Waals surface area (Å²) >= 11 is 1.59. The fourth-order valence-electron chi connectivity index (χ4n) is 2.72. The summed E-state index contributed by atoms with van der Waals surface area (Å²) in [6, 6.07) is 8.43. The number of benzene rings is 1. The summed E-state index contributed by atoms with van der Waals surface area (Å²) in [5.74, 6) is 0.135. The molecule has 2 N–H and O–H groups in total. The first kappa shape index (κ1) is 20.9. The molecule has 3 rings (SSSR count). The minimum absolute atomic E-state index is 0. The number of amides is 1. The van der Waals surface area contributed by atoms with Gasteiger partial charge < -0.3 is 10.6 Å². The van der Waals surface area contributed by atoms with E-state index in [2.05, 4.69) is 36.2 Å². The van der Waals surface area contributed by atoms with E-state index in [9.17, 15) is 4.79 Å². The van der Waals surface area contributed by atoms with Crippen molar-refractivity contribution >= 4 is 42.1 Å². The van der Waals surface area contributed by atoms with Gasteiger partial charge in [0, 0.05) is 30.1 Å². The van der Waals surface area contributed by atoms with E-state index < -0.39 is 0 Å². The SMILES string of the molecule is Cc1ccc(-c2nc(CC(=O)N3CCCC(N)C3)cs2)cc1.Cl.Cl. The second kappa shape index (κ2) is 9.37. The van der Waals surface area contributed by atoms with Gasteiger partial charge in [-0.1, -0.05) is 29.8 Å². The third kappa shape index (κ3) is 5.18. The van der Waals surface area contributed by atoms with Crippen LogP contribution in [0.25, 0.3) is 10.6 Å². The Balaban J connectivity index is 0.00000144. The lowest BCUT2D eigenvalue weighted by molar-refractivity contribution is -0.131. The number of aryl methyl sites for hydroxylation is 1. The van der Waals surface area contributed by atoms with Crippen LogP contribution in [-0.2, 0) is 11.2 Å². The third-order valence-electron chi connectivity index (χ3n) is 3.99. The Kier molecular flexibility index (Phi) is 8.16. The fourth-order valence-corrected chi connectivity index (χ4v) is 3.55. The fraction of sp³-hybridized carbons (Fsp3) is 0.412. The second-order valence-electron chi connectivity index (χ2n) is 5.93. The summed E-state index contributed by atoms with van der Waals surface area (Å²) in [5, 5.41) is 2.95. The van der Waals surface area contributed by atoms with Gasteiger partial charge in [-0.3, -0.25) is 4.79 Å². The Labute approximate surface area is 159 Å². The Morgan fingerprint density at radius 1 is 1.33 bits per heavy atom. The standard InChI is InChI=1S/C17H21N3OS.2ClH/c1-12-4-6-13(7-5-12)17-19-15(11-22-17)9-16(21)20-8-2-3-14(18)10-20;;/h4-7,11,14H,2-3,8-10,18H2,1H3;2*1H. The number of nitrogens with zero attached hydrogens (tertiary/aromatic N) is 2. The zero-order chi connectivity index (χ0) is 15.5. The van der Waals surface area contributed by atoms with Gasteiger partial charge in [0.1, 0.15) is 5.01 Å². The van der Waals surface area contributed by atoms with Gasteiger partial charge >= 0.3 is 0 Å². The van der Waals surface area contributed by atoms with Crippen LogP contribution in [0.15, 0.2) is 29.6 Å². The van der Waals surface area contributed by atoms with Crippen LogP contribution in [-0.4, -0.2) is 34.9 Å². The highest BCUT2D eigenvalue weighted by Gasteiger charge is 2.22. The molecule has 0 saturated carbocycles. The number of carbonyl (C=O) groups excluding carboxylic acids is 1. The highest BCUT2D eigenvalue weighted by molar-refractivity contribution is 7.13. The first-order valence-electron chi connectivity index (χ1n) is 7.66. The van der Waals surface area contributed by atoms with Gasteiger partial charge in [0.25, 0.3) is 0 Å². The van der Waals surface area contributed by atoms with Crippen molar-refractivity contribution in [3.63, 3.8) is 0 Å². The molecule has 1 aromatic carbocycles. The Morgan fingerprint density at radius 3 is 2.71 bits per heavy atom. The summed E-state index contributed by atoms with van der Waals surface area (Å²) in [7, 11) is 0. The van der Waals surface area contributed by atoms with Crippen LogP contribution in [0.5, 0.6) is 0 Å². The lowest BCUT2D eigenvalue weighted by Gasteiger charge is -2.30. The van der Waals surface area contributed by atoms with Gasteiger partial charge in [0.2, 0.25) is 5.91 Å². The molecule has 2 aromatic rings. The van der Waals surface area contributed by atoms with Crippen molar-refractivity contribution in [1.82, 2.24) is 9.88 Å². The Hall–Kier alpha value is -1.14. The molecule has 0 radical (unpaired) electrons. The van der Waals surface area contributed by atoms with E-state index >= 15 is 0 Å². The summed E-state index contributed by atoms with van der Waals surface area (Å²) < 4.78 is 0. The van der Waals surface area contributed by atoms with Crippen molar-refractivity contribution in [3.05, 3.63) is 40.9 Å². The number of halogens is 2. The monoisotopic (exact) mass is 387 g/mol. The maximum atomic E-state index is 12.3. The lowest BCUT2D eigenvalue weighted by Crippen LogP contribution is -2.46. The van der Waals surface area contributed by atoms with E-state index in [4.69, 9.17) is 5.73 Å². The van der Waals surface area contributed by atoms with Gasteiger partial charge in [0.05, 0.1) is 12.1 Å². The number of nitrogens with two attached hydrogens (primary N) is 1. The quantitative estimate of drug-likeness (QED) is 0.876. The maximum absolute atomic E-state index is 12.3. The summed E-state index contributed by atoms with van der Waals surface area (Å²) in [4.78, 5) is 18.8. The van der Waals surface area contributed by atoms with E-state index in [1.807, 2.05) is 10.3 Å². The van der Waals surface area contributed by atoms with Crippen LogP contribution in [0.2, 0.25) is 0 Å². The number of piperidine rings is 1. The molecule has 2 heterocycles. The first-order chi connectivity index (χ1) is 10.6. The molecule has 1 aromatic heterocycles.